The molecule has 0 aromatic rings. The molecule has 18 heavy (non-hydrogen) atoms. The summed E-state index contributed by atoms with van der Waals surface area (Å²) >= 11 is 0. The first-order valence-electron chi connectivity index (χ1n) is 7.77. The zero-order chi connectivity index (χ0) is 13.1. The standard InChI is InChI=1S/C15H31NO2/c1-3-4-5-6-7-8-9-10-14(16-2)13-15-17-11-12-18-15/h14-16H,3-13H2,1-2H3. The van der Waals surface area contributed by atoms with Crippen molar-refractivity contribution in [3.05, 3.63) is 0 Å². The number of rotatable bonds is 11. The summed E-state index contributed by atoms with van der Waals surface area (Å²) in [6, 6.07) is 0.545. The molecule has 1 aliphatic rings. The van der Waals surface area contributed by atoms with Gasteiger partial charge < -0.3 is 14.8 Å². The lowest BCUT2D eigenvalue weighted by Gasteiger charge is -2.19. The zero-order valence-corrected chi connectivity index (χ0v) is 12.2. The van der Waals surface area contributed by atoms with E-state index < -0.39 is 0 Å². The molecule has 1 unspecified atom stereocenters. The van der Waals surface area contributed by atoms with E-state index >= 15 is 0 Å². The minimum Gasteiger partial charge on any atom is -0.350 e. The van der Waals surface area contributed by atoms with Gasteiger partial charge in [-0.2, -0.15) is 0 Å². The van der Waals surface area contributed by atoms with Crippen LogP contribution in [0.25, 0.3) is 0 Å². The van der Waals surface area contributed by atoms with E-state index in [1.807, 2.05) is 7.05 Å². The van der Waals surface area contributed by atoms with Crippen LogP contribution in [0.3, 0.4) is 0 Å². The van der Waals surface area contributed by atoms with Gasteiger partial charge >= 0.3 is 0 Å². The van der Waals surface area contributed by atoms with Gasteiger partial charge in [-0.25, -0.2) is 0 Å². The fourth-order valence-corrected chi connectivity index (χ4v) is 2.50. The molecule has 1 saturated heterocycles. The largest absolute Gasteiger partial charge is 0.350 e. The molecule has 1 heterocycles. The fourth-order valence-electron chi connectivity index (χ4n) is 2.50. The van der Waals surface area contributed by atoms with Gasteiger partial charge in [-0.05, 0) is 13.5 Å². The van der Waals surface area contributed by atoms with Crippen molar-refractivity contribution >= 4 is 0 Å². The maximum Gasteiger partial charge on any atom is 0.159 e. The van der Waals surface area contributed by atoms with Crippen molar-refractivity contribution in [2.75, 3.05) is 20.3 Å². The van der Waals surface area contributed by atoms with E-state index in [9.17, 15) is 0 Å². The topological polar surface area (TPSA) is 30.5 Å². The molecular weight excluding hydrogens is 226 g/mol. The second kappa shape index (κ2) is 10.8. The summed E-state index contributed by atoms with van der Waals surface area (Å²) < 4.78 is 11.0. The highest BCUT2D eigenvalue weighted by Crippen LogP contribution is 2.15. The average Bonchev–Trinajstić information content (AvgIpc) is 2.89. The minimum atomic E-state index is 0.0343. The van der Waals surface area contributed by atoms with E-state index in [0.29, 0.717) is 6.04 Å². The second-order valence-electron chi connectivity index (χ2n) is 5.30. The summed E-state index contributed by atoms with van der Waals surface area (Å²) in [5.74, 6) is 0. The Kier molecular flexibility index (Phi) is 9.54. The molecule has 1 N–H and O–H groups in total. The molecule has 3 nitrogen and oxygen atoms in total. The van der Waals surface area contributed by atoms with Gasteiger partial charge in [0.05, 0.1) is 13.2 Å². The number of hydrogen-bond donors (Lipinski definition) is 1. The molecule has 3 heteroatoms. The van der Waals surface area contributed by atoms with Gasteiger partial charge in [-0.15, -0.1) is 0 Å². The van der Waals surface area contributed by atoms with Crippen LogP contribution < -0.4 is 5.32 Å². The third-order valence-electron chi connectivity index (χ3n) is 3.73. The fraction of sp³-hybridized carbons (Fsp3) is 1.00. The highest BCUT2D eigenvalue weighted by Gasteiger charge is 2.19. The molecule has 0 amide bonds. The summed E-state index contributed by atoms with van der Waals surface area (Å²) in [4.78, 5) is 0. The van der Waals surface area contributed by atoms with Gasteiger partial charge in [-0.3, -0.25) is 0 Å². The molecule has 0 aromatic heterocycles. The Hall–Kier alpha value is -0.120. The molecule has 0 aliphatic carbocycles. The summed E-state index contributed by atoms with van der Waals surface area (Å²) in [6.45, 7) is 3.79. The lowest BCUT2D eigenvalue weighted by molar-refractivity contribution is -0.0528. The normalized spacial score (nSPS) is 18.3. The third-order valence-corrected chi connectivity index (χ3v) is 3.73. The number of ether oxygens (including phenoxy) is 2. The third kappa shape index (κ3) is 7.34. The highest BCUT2D eigenvalue weighted by molar-refractivity contribution is 4.68. The predicted octanol–water partition coefficient (Wildman–Crippen LogP) is 3.48. The predicted molar refractivity (Wildman–Crippen MR) is 75.8 cm³/mol. The Balaban J connectivity index is 1.94. The summed E-state index contributed by atoms with van der Waals surface area (Å²) in [5.41, 5.74) is 0. The maximum atomic E-state index is 5.49. The number of nitrogens with one attached hydrogen (secondary N) is 1. The van der Waals surface area contributed by atoms with Crippen LogP contribution in [-0.4, -0.2) is 32.6 Å². The van der Waals surface area contributed by atoms with Crippen LogP contribution >= 0.6 is 0 Å². The van der Waals surface area contributed by atoms with Gasteiger partial charge in [0, 0.05) is 12.5 Å². The molecule has 0 radical (unpaired) electrons. The first-order valence-corrected chi connectivity index (χ1v) is 7.77. The molecular formula is C15H31NO2. The number of hydrogen-bond acceptors (Lipinski definition) is 3. The van der Waals surface area contributed by atoms with Gasteiger partial charge in [0.15, 0.2) is 6.29 Å². The van der Waals surface area contributed by atoms with E-state index in [4.69, 9.17) is 9.47 Å². The maximum absolute atomic E-state index is 5.49. The van der Waals surface area contributed by atoms with E-state index in [1.165, 1.54) is 51.4 Å². The minimum absolute atomic E-state index is 0.0343. The monoisotopic (exact) mass is 257 g/mol. The molecule has 0 saturated carbocycles. The smallest absolute Gasteiger partial charge is 0.159 e. The summed E-state index contributed by atoms with van der Waals surface area (Å²) in [6.07, 6.45) is 11.9. The van der Waals surface area contributed by atoms with Gasteiger partial charge in [0.2, 0.25) is 0 Å². The first-order chi connectivity index (χ1) is 8.86. The van der Waals surface area contributed by atoms with Crippen molar-refractivity contribution in [1.29, 1.82) is 0 Å². The molecule has 1 rings (SSSR count). The van der Waals surface area contributed by atoms with Gasteiger partial charge in [0.1, 0.15) is 0 Å². The lowest BCUT2D eigenvalue weighted by atomic mass is 10.0. The van der Waals surface area contributed by atoms with Crippen LogP contribution in [0, 0.1) is 0 Å². The van der Waals surface area contributed by atoms with Crippen LogP contribution in [-0.2, 0) is 9.47 Å². The number of unbranched alkanes of at least 4 members (excludes halogenated alkanes) is 6. The lowest BCUT2D eigenvalue weighted by Crippen LogP contribution is -2.30. The Morgan fingerprint density at radius 3 is 2.22 bits per heavy atom. The van der Waals surface area contributed by atoms with Crippen LogP contribution in [0.1, 0.15) is 64.7 Å². The average molecular weight is 257 g/mol. The van der Waals surface area contributed by atoms with Crippen molar-refractivity contribution < 1.29 is 9.47 Å². The van der Waals surface area contributed by atoms with E-state index in [2.05, 4.69) is 12.2 Å². The van der Waals surface area contributed by atoms with E-state index in [0.717, 1.165) is 19.6 Å². The van der Waals surface area contributed by atoms with Gasteiger partial charge in [0.25, 0.3) is 0 Å². The Morgan fingerprint density at radius 1 is 1.00 bits per heavy atom. The van der Waals surface area contributed by atoms with Crippen LogP contribution in [0.4, 0.5) is 0 Å². The Morgan fingerprint density at radius 2 is 1.61 bits per heavy atom. The quantitative estimate of drug-likeness (QED) is 0.575. The molecule has 0 spiro atoms. The molecule has 1 atom stereocenters. The van der Waals surface area contributed by atoms with Gasteiger partial charge in [-0.1, -0.05) is 51.9 Å². The van der Waals surface area contributed by atoms with Crippen molar-refractivity contribution in [2.45, 2.75) is 77.0 Å². The highest BCUT2D eigenvalue weighted by atomic mass is 16.7. The van der Waals surface area contributed by atoms with Crippen LogP contribution in [0.5, 0.6) is 0 Å². The molecule has 0 aromatic carbocycles. The molecule has 0 bridgehead atoms. The Labute approximate surface area is 113 Å². The van der Waals surface area contributed by atoms with Crippen molar-refractivity contribution in [3.63, 3.8) is 0 Å². The van der Waals surface area contributed by atoms with Crippen LogP contribution in [0.15, 0.2) is 0 Å². The first kappa shape index (κ1) is 15.9. The molecule has 108 valence electrons. The molecule has 1 fully saturated rings. The van der Waals surface area contributed by atoms with E-state index in [1.54, 1.807) is 0 Å². The van der Waals surface area contributed by atoms with E-state index in [-0.39, 0.29) is 6.29 Å². The van der Waals surface area contributed by atoms with Crippen molar-refractivity contribution in [3.8, 4) is 0 Å². The van der Waals surface area contributed by atoms with Crippen molar-refractivity contribution in [1.82, 2.24) is 5.32 Å². The second-order valence-corrected chi connectivity index (χ2v) is 5.30. The summed E-state index contributed by atoms with van der Waals surface area (Å²) in [7, 11) is 2.04. The van der Waals surface area contributed by atoms with Crippen LogP contribution in [0.2, 0.25) is 0 Å². The summed E-state index contributed by atoms with van der Waals surface area (Å²) in [5, 5.41) is 3.38. The molecule has 1 aliphatic heterocycles. The zero-order valence-electron chi connectivity index (χ0n) is 12.2. The van der Waals surface area contributed by atoms with Crippen molar-refractivity contribution in [2.24, 2.45) is 0 Å². The SMILES string of the molecule is CCCCCCCCCC(CC1OCCO1)NC. The Bertz CT molecular complexity index is 181.